The first-order valence-electron chi connectivity index (χ1n) is 4.83. The van der Waals surface area contributed by atoms with Gasteiger partial charge in [0.25, 0.3) is 5.56 Å². The van der Waals surface area contributed by atoms with E-state index in [2.05, 4.69) is 0 Å². The maximum absolute atomic E-state index is 11.7. The van der Waals surface area contributed by atoms with Crippen LogP contribution in [0.5, 0.6) is 0 Å². The van der Waals surface area contributed by atoms with Crippen molar-refractivity contribution in [3.05, 3.63) is 69.6 Å². The summed E-state index contributed by atoms with van der Waals surface area (Å²) >= 11 is 5.75. The van der Waals surface area contributed by atoms with Crippen molar-refractivity contribution < 1.29 is 9.63 Å². The highest BCUT2D eigenvalue weighted by Gasteiger charge is 2.09. The summed E-state index contributed by atoms with van der Waals surface area (Å²) in [5.74, 6) is -0.638. The van der Waals surface area contributed by atoms with Gasteiger partial charge in [0, 0.05) is 17.3 Å². The van der Waals surface area contributed by atoms with E-state index in [4.69, 9.17) is 16.4 Å². The highest BCUT2D eigenvalue weighted by Crippen LogP contribution is 2.10. The summed E-state index contributed by atoms with van der Waals surface area (Å²) in [6, 6.07) is 10.8. The van der Waals surface area contributed by atoms with Crippen LogP contribution in [0.3, 0.4) is 0 Å². The van der Waals surface area contributed by atoms with Crippen LogP contribution in [0.2, 0.25) is 5.02 Å². The number of benzene rings is 1. The van der Waals surface area contributed by atoms with E-state index in [1.54, 1.807) is 30.3 Å². The van der Waals surface area contributed by atoms with Crippen molar-refractivity contribution in [1.82, 2.24) is 4.73 Å². The number of carbonyl (C=O) groups is 1. The van der Waals surface area contributed by atoms with Crippen LogP contribution in [0.25, 0.3) is 0 Å². The van der Waals surface area contributed by atoms with E-state index < -0.39 is 11.5 Å². The molecule has 0 saturated heterocycles. The topological polar surface area (TPSA) is 48.3 Å². The number of pyridine rings is 1. The monoisotopic (exact) mass is 249 g/mol. The number of hydrogen-bond donors (Lipinski definition) is 0. The van der Waals surface area contributed by atoms with Gasteiger partial charge >= 0.3 is 5.97 Å². The molecule has 0 atom stereocenters. The predicted octanol–water partition coefficient (Wildman–Crippen LogP) is 1.77. The van der Waals surface area contributed by atoms with Gasteiger partial charge in [-0.3, -0.25) is 4.79 Å². The van der Waals surface area contributed by atoms with Crippen LogP contribution in [0.15, 0.2) is 53.5 Å². The molecule has 0 amide bonds. The van der Waals surface area contributed by atoms with Crippen molar-refractivity contribution in [3.8, 4) is 0 Å². The molecule has 2 aromatic rings. The van der Waals surface area contributed by atoms with Crippen LogP contribution >= 0.6 is 11.6 Å². The molecule has 0 N–H and O–H groups in total. The first-order chi connectivity index (χ1) is 8.16. The summed E-state index contributed by atoms with van der Waals surface area (Å²) < 4.78 is 0.864. The maximum Gasteiger partial charge on any atom is 0.363 e. The molecule has 0 saturated carbocycles. The highest BCUT2D eigenvalue weighted by molar-refractivity contribution is 6.30. The Kier molecular flexibility index (Phi) is 3.25. The Bertz CT molecular complexity index is 606. The predicted molar refractivity (Wildman–Crippen MR) is 63.1 cm³/mol. The van der Waals surface area contributed by atoms with Gasteiger partial charge in [0.2, 0.25) is 0 Å². The SMILES string of the molecule is O=C(On1ccccc1=O)c1cccc(Cl)c1. The molecule has 86 valence electrons. The van der Waals surface area contributed by atoms with Gasteiger partial charge in [0.05, 0.1) is 5.56 Å². The number of aromatic nitrogens is 1. The molecule has 0 aliphatic carbocycles. The summed E-state index contributed by atoms with van der Waals surface area (Å²) in [5.41, 5.74) is -0.129. The van der Waals surface area contributed by atoms with Crippen molar-refractivity contribution in [2.45, 2.75) is 0 Å². The molecule has 4 nitrogen and oxygen atoms in total. The smallest absolute Gasteiger partial charge is 0.328 e. The zero-order valence-corrected chi connectivity index (χ0v) is 9.42. The minimum atomic E-state index is -0.638. The zero-order chi connectivity index (χ0) is 12.3. The molecule has 0 fully saturated rings. The largest absolute Gasteiger partial charge is 0.363 e. The molecule has 0 aliphatic heterocycles. The molecule has 0 bridgehead atoms. The second-order valence-electron chi connectivity index (χ2n) is 3.25. The van der Waals surface area contributed by atoms with Crippen LogP contribution in [-0.2, 0) is 0 Å². The van der Waals surface area contributed by atoms with Crippen LogP contribution in [0.1, 0.15) is 10.4 Å². The zero-order valence-electron chi connectivity index (χ0n) is 8.67. The van der Waals surface area contributed by atoms with Crippen LogP contribution in [-0.4, -0.2) is 10.7 Å². The molecule has 1 aromatic carbocycles. The number of rotatable bonds is 2. The Labute approximate surface area is 102 Å². The Hall–Kier alpha value is -2.07. The Morgan fingerprint density at radius 3 is 2.71 bits per heavy atom. The van der Waals surface area contributed by atoms with Crippen molar-refractivity contribution in [2.24, 2.45) is 0 Å². The summed E-state index contributed by atoms with van der Waals surface area (Å²) in [4.78, 5) is 27.9. The fourth-order valence-electron chi connectivity index (χ4n) is 1.25. The molecule has 5 heteroatoms. The van der Waals surface area contributed by atoms with Gasteiger partial charge in [-0.15, -0.1) is 4.73 Å². The Morgan fingerprint density at radius 2 is 2.00 bits per heavy atom. The average molecular weight is 250 g/mol. The Morgan fingerprint density at radius 1 is 1.18 bits per heavy atom. The molecule has 2 rings (SSSR count). The second kappa shape index (κ2) is 4.84. The summed E-state index contributed by atoms with van der Waals surface area (Å²) in [7, 11) is 0. The lowest BCUT2D eigenvalue weighted by Gasteiger charge is -2.05. The fourth-order valence-corrected chi connectivity index (χ4v) is 1.44. The molecule has 1 heterocycles. The number of halogens is 1. The minimum Gasteiger partial charge on any atom is -0.328 e. The van der Waals surface area contributed by atoms with E-state index in [9.17, 15) is 9.59 Å². The molecular formula is C12H8ClNO3. The quantitative estimate of drug-likeness (QED) is 0.815. The molecular weight excluding hydrogens is 242 g/mol. The van der Waals surface area contributed by atoms with Gasteiger partial charge in [-0.1, -0.05) is 23.7 Å². The Balaban J connectivity index is 2.23. The van der Waals surface area contributed by atoms with E-state index in [1.807, 2.05) is 0 Å². The van der Waals surface area contributed by atoms with Crippen molar-refractivity contribution in [1.29, 1.82) is 0 Å². The maximum atomic E-state index is 11.7. The van der Waals surface area contributed by atoms with Crippen LogP contribution in [0, 0.1) is 0 Å². The van der Waals surface area contributed by atoms with Crippen molar-refractivity contribution in [2.75, 3.05) is 0 Å². The third-order valence-electron chi connectivity index (χ3n) is 2.03. The molecule has 1 aromatic heterocycles. The van der Waals surface area contributed by atoms with E-state index in [0.29, 0.717) is 5.02 Å². The molecule has 0 aliphatic rings. The summed E-state index contributed by atoms with van der Waals surface area (Å²) in [6.07, 6.45) is 1.37. The van der Waals surface area contributed by atoms with Gasteiger partial charge in [0.15, 0.2) is 0 Å². The van der Waals surface area contributed by atoms with E-state index in [1.165, 1.54) is 18.3 Å². The average Bonchev–Trinajstić information content (AvgIpc) is 2.32. The highest BCUT2D eigenvalue weighted by atomic mass is 35.5. The van der Waals surface area contributed by atoms with Crippen LogP contribution < -0.4 is 10.4 Å². The lowest BCUT2D eigenvalue weighted by Crippen LogP contribution is -2.29. The molecule has 0 unspecified atom stereocenters. The molecule has 0 spiro atoms. The first-order valence-corrected chi connectivity index (χ1v) is 5.20. The number of hydrogen-bond acceptors (Lipinski definition) is 3. The van der Waals surface area contributed by atoms with E-state index >= 15 is 0 Å². The minimum absolute atomic E-state index is 0.285. The third kappa shape index (κ3) is 2.73. The van der Waals surface area contributed by atoms with Gasteiger partial charge in [-0.2, -0.15) is 0 Å². The molecule has 17 heavy (non-hydrogen) atoms. The third-order valence-corrected chi connectivity index (χ3v) is 2.27. The normalized spacial score (nSPS) is 9.94. The fraction of sp³-hybridized carbons (Fsp3) is 0. The van der Waals surface area contributed by atoms with Gasteiger partial charge in [-0.05, 0) is 24.3 Å². The van der Waals surface area contributed by atoms with Gasteiger partial charge in [0.1, 0.15) is 0 Å². The van der Waals surface area contributed by atoms with E-state index in [0.717, 1.165) is 4.73 Å². The second-order valence-corrected chi connectivity index (χ2v) is 3.69. The van der Waals surface area contributed by atoms with Gasteiger partial charge < -0.3 is 4.84 Å². The van der Waals surface area contributed by atoms with Gasteiger partial charge in [-0.25, -0.2) is 4.79 Å². The summed E-state index contributed by atoms with van der Waals surface area (Å²) in [5, 5.41) is 0.430. The lowest BCUT2D eigenvalue weighted by molar-refractivity contribution is 0.0443. The summed E-state index contributed by atoms with van der Waals surface area (Å²) in [6.45, 7) is 0. The van der Waals surface area contributed by atoms with E-state index in [-0.39, 0.29) is 5.56 Å². The lowest BCUT2D eigenvalue weighted by atomic mass is 10.2. The number of nitrogens with zero attached hydrogens (tertiary/aromatic N) is 1. The first kappa shape index (κ1) is 11.4. The standard InChI is InChI=1S/C12H8ClNO3/c13-10-5-3-4-9(8-10)12(16)17-14-7-2-1-6-11(14)15/h1-8H. The number of carbonyl (C=O) groups excluding carboxylic acids is 1. The van der Waals surface area contributed by atoms with Crippen molar-refractivity contribution in [3.63, 3.8) is 0 Å². The van der Waals surface area contributed by atoms with Crippen LogP contribution in [0.4, 0.5) is 0 Å². The van der Waals surface area contributed by atoms with Crippen molar-refractivity contribution >= 4 is 17.6 Å². The molecule has 0 radical (unpaired) electrons.